The predicted molar refractivity (Wildman–Crippen MR) is 81.9 cm³/mol. The Kier molecular flexibility index (Phi) is 5.27. The Morgan fingerprint density at radius 2 is 1.71 bits per heavy atom. The first-order valence-corrected chi connectivity index (χ1v) is 9.18. The van der Waals surface area contributed by atoms with E-state index in [-0.39, 0.29) is 11.8 Å². The topological polar surface area (TPSA) is 60.9 Å². The minimum atomic E-state index is -3.34. The molecular weight excluding hydrogens is 290 g/mol. The molecule has 2 rings (SSSR count). The highest BCUT2D eigenvalue weighted by molar-refractivity contribution is 7.86. The molecule has 0 saturated carbocycles. The molecule has 2 aliphatic heterocycles. The molecule has 0 bridgehead atoms. The third-order valence-corrected chi connectivity index (χ3v) is 6.50. The van der Waals surface area contributed by atoms with Crippen molar-refractivity contribution in [1.29, 1.82) is 0 Å². The Morgan fingerprint density at radius 3 is 2.24 bits per heavy atom. The molecule has 0 spiro atoms. The molecule has 0 radical (unpaired) electrons. The normalized spacial score (nSPS) is 26.3. The molecule has 0 N–H and O–H groups in total. The number of hydrogen-bond donors (Lipinski definition) is 0. The number of carbonyl (C=O) groups is 1. The molecule has 0 aromatic carbocycles. The summed E-state index contributed by atoms with van der Waals surface area (Å²) >= 11 is 0. The molecule has 2 aliphatic rings. The lowest BCUT2D eigenvalue weighted by Gasteiger charge is -2.37. The summed E-state index contributed by atoms with van der Waals surface area (Å²) in [5.74, 6) is 0.796. The van der Waals surface area contributed by atoms with Crippen molar-refractivity contribution in [3.63, 3.8) is 0 Å². The highest BCUT2D eigenvalue weighted by atomic mass is 32.2. The van der Waals surface area contributed by atoms with E-state index in [1.807, 2.05) is 4.90 Å². The lowest BCUT2D eigenvalue weighted by atomic mass is 9.93. The minimum absolute atomic E-state index is 0.0103. The van der Waals surface area contributed by atoms with Crippen LogP contribution in [0.3, 0.4) is 0 Å². The number of rotatable bonds is 3. The van der Waals surface area contributed by atoms with Crippen molar-refractivity contribution in [1.82, 2.24) is 13.5 Å². The van der Waals surface area contributed by atoms with Crippen LogP contribution in [0.2, 0.25) is 0 Å². The van der Waals surface area contributed by atoms with Gasteiger partial charge in [0, 0.05) is 46.2 Å². The van der Waals surface area contributed by atoms with E-state index in [1.54, 1.807) is 14.1 Å². The monoisotopic (exact) mass is 317 g/mol. The van der Waals surface area contributed by atoms with Crippen LogP contribution in [0.25, 0.3) is 0 Å². The van der Waals surface area contributed by atoms with Crippen LogP contribution < -0.4 is 0 Å². The van der Waals surface area contributed by atoms with E-state index in [1.165, 1.54) is 15.0 Å². The van der Waals surface area contributed by atoms with Crippen LogP contribution in [-0.4, -0.2) is 68.1 Å². The van der Waals surface area contributed by atoms with Gasteiger partial charge in [-0.15, -0.1) is 0 Å². The second kappa shape index (κ2) is 6.62. The standard InChI is InChI=1S/C14H27N3O3S/c1-12-5-4-8-16(11-12)14(18)13-6-9-17(10-7-13)21(19,20)15(2)3/h12-13H,4-11H2,1-3H3. The molecule has 21 heavy (non-hydrogen) atoms. The van der Waals surface area contributed by atoms with Gasteiger partial charge in [-0.3, -0.25) is 4.79 Å². The molecular formula is C14H27N3O3S. The lowest BCUT2D eigenvalue weighted by Crippen LogP contribution is -2.48. The molecule has 7 heteroatoms. The highest BCUT2D eigenvalue weighted by Crippen LogP contribution is 2.25. The molecule has 0 aromatic heterocycles. The molecule has 6 nitrogen and oxygen atoms in total. The first kappa shape index (κ1) is 16.7. The number of piperidine rings is 2. The third-order valence-electron chi connectivity index (χ3n) is 4.56. The van der Waals surface area contributed by atoms with Gasteiger partial charge in [0.1, 0.15) is 0 Å². The van der Waals surface area contributed by atoms with Gasteiger partial charge in [-0.1, -0.05) is 6.92 Å². The van der Waals surface area contributed by atoms with E-state index < -0.39 is 10.2 Å². The Balaban J connectivity index is 1.90. The zero-order valence-corrected chi connectivity index (χ0v) is 14.1. The predicted octanol–water partition coefficient (Wildman–Crippen LogP) is 0.763. The largest absolute Gasteiger partial charge is 0.342 e. The summed E-state index contributed by atoms with van der Waals surface area (Å²) in [5.41, 5.74) is 0. The van der Waals surface area contributed by atoms with E-state index in [9.17, 15) is 13.2 Å². The zero-order chi connectivity index (χ0) is 15.6. The third kappa shape index (κ3) is 3.76. The summed E-state index contributed by atoms with van der Waals surface area (Å²) in [6, 6.07) is 0. The Morgan fingerprint density at radius 1 is 1.10 bits per heavy atom. The van der Waals surface area contributed by atoms with Gasteiger partial charge in [-0.2, -0.15) is 17.0 Å². The van der Waals surface area contributed by atoms with Gasteiger partial charge in [-0.25, -0.2) is 0 Å². The van der Waals surface area contributed by atoms with Gasteiger partial charge in [0.2, 0.25) is 5.91 Å². The Labute approximate surface area is 128 Å². The van der Waals surface area contributed by atoms with Gasteiger partial charge in [0.05, 0.1) is 0 Å². The van der Waals surface area contributed by atoms with Gasteiger partial charge < -0.3 is 4.90 Å². The quantitative estimate of drug-likeness (QED) is 0.772. The van der Waals surface area contributed by atoms with Crippen molar-refractivity contribution in [2.24, 2.45) is 11.8 Å². The van der Waals surface area contributed by atoms with Crippen molar-refractivity contribution in [3.05, 3.63) is 0 Å². The molecule has 1 unspecified atom stereocenters. The fourth-order valence-corrected chi connectivity index (χ4v) is 4.35. The first-order valence-electron chi connectivity index (χ1n) is 7.78. The van der Waals surface area contributed by atoms with E-state index in [0.717, 1.165) is 19.5 Å². The van der Waals surface area contributed by atoms with E-state index >= 15 is 0 Å². The lowest BCUT2D eigenvalue weighted by molar-refractivity contribution is -0.138. The summed E-state index contributed by atoms with van der Waals surface area (Å²) in [4.78, 5) is 14.5. The second-order valence-electron chi connectivity index (χ2n) is 6.50. The summed E-state index contributed by atoms with van der Waals surface area (Å²) in [5, 5.41) is 0. The summed E-state index contributed by atoms with van der Waals surface area (Å²) < 4.78 is 26.8. The van der Waals surface area contributed by atoms with Crippen molar-refractivity contribution in [3.8, 4) is 0 Å². The SMILES string of the molecule is CC1CCCN(C(=O)C2CCN(S(=O)(=O)N(C)C)CC2)C1. The van der Waals surface area contributed by atoms with Crippen LogP contribution in [-0.2, 0) is 15.0 Å². The molecule has 1 amide bonds. The van der Waals surface area contributed by atoms with Crippen molar-refractivity contribution in [2.75, 3.05) is 40.3 Å². The first-order chi connectivity index (χ1) is 9.82. The maximum atomic E-state index is 12.5. The average molecular weight is 317 g/mol. The van der Waals surface area contributed by atoms with Crippen LogP contribution in [0.4, 0.5) is 0 Å². The van der Waals surface area contributed by atoms with Gasteiger partial charge in [0.25, 0.3) is 10.2 Å². The van der Waals surface area contributed by atoms with E-state index in [4.69, 9.17) is 0 Å². The fraction of sp³-hybridized carbons (Fsp3) is 0.929. The zero-order valence-electron chi connectivity index (χ0n) is 13.3. The Hall–Kier alpha value is -0.660. The molecule has 0 aromatic rings. The molecule has 122 valence electrons. The average Bonchev–Trinajstić information content (AvgIpc) is 2.46. The molecule has 2 saturated heterocycles. The van der Waals surface area contributed by atoms with Gasteiger partial charge >= 0.3 is 0 Å². The van der Waals surface area contributed by atoms with Gasteiger partial charge in [0.15, 0.2) is 0 Å². The molecule has 1 atom stereocenters. The van der Waals surface area contributed by atoms with Crippen molar-refractivity contribution < 1.29 is 13.2 Å². The maximum Gasteiger partial charge on any atom is 0.281 e. The van der Waals surface area contributed by atoms with E-state index in [2.05, 4.69) is 6.92 Å². The number of likely N-dealkylation sites (tertiary alicyclic amines) is 1. The molecule has 2 heterocycles. The number of hydrogen-bond acceptors (Lipinski definition) is 3. The summed E-state index contributed by atoms with van der Waals surface area (Å²) in [7, 11) is -0.254. The van der Waals surface area contributed by atoms with E-state index in [0.29, 0.717) is 31.8 Å². The number of nitrogens with zero attached hydrogens (tertiary/aromatic N) is 3. The molecule has 0 aliphatic carbocycles. The van der Waals surface area contributed by atoms with Crippen LogP contribution in [0.1, 0.15) is 32.6 Å². The number of carbonyl (C=O) groups excluding carboxylic acids is 1. The maximum absolute atomic E-state index is 12.5. The van der Waals surface area contributed by atoms with Crippen LogP contribution in [0.15, 0.2) is 0 Å². The highest BCUT2D eigenvalue weighted by Gasteiger charge is 2.34. The number of amides is 1. The van der Waals surface area contributed by atoms with Gasteiger partial charge in [-0.05, 0) is 31.6 Å². The summed E-state index contributed by atoms with van der Waals surface area (Å²) in [6.45, 7) is 4.79. The van der Waals surface area contributed by atoms with Crippen LogP contribution in [0, 0.1) is 11.8 Å². The van der Waals surface area contributed by atoms with Crippen LogP contribution in [0.5, 0.6) is 0 Å². The van der Waals surface area contributed by atoms with Crippen LogP contribution >= 0.6 is 0 Å². The smallest absolute Gasteiger partial charge is 0.281 e. The van der Waals surface area contributed by atoms with Crippen molar-refractivity contribution >= 4 is 16.1 Å². The Bertz CT molecular complexity index is 470. The minimum Gasteiger partial charge on any atom is -0.342 e. The second-order valence-corrected chi connectivity index (χ2v) is 8.64. The molecule has 2 fully saturated rings. The summed E-state index contributed by atoms with van der Waals surface area (Å²) in [6.07, 6.45) is 3.55. The fourth-order valence-electron chi connectivity index (χ4n) is 3.21. The van der Waals surface area contributed by atoms with Crippen molar-refractivity contribution in [2.45, 2.75) is 32.6 Å².